The van der Waals surface area contributed by atoms with E-state index in [1.807, 2.05) is 37.3 Å². The van der Waals surface area contributed by atoms with Crippen LogP contribution in [0, 0.1) is 18.3 Å². The van der Waals surface area contributed by atoms with Gasteiger partial charge in [0, 0.05) is 0 Å². The van der Waals surface area contributed by atoms with Gasteiger partial charge in [-0.3, -0.25) is 0 Å². The van der Waals surface area contributed by atoms with Crippen molar-refractivity contribution in [1.82, 2.24) is 9.55 Å². The third-order valence-electron chi connectivity index (χ3n) is 4.85. The normalized spacial score (nSPS) is 17.5. The SMILES string of the molecule is C#CC1(OC(=O)c2c(F)ncn2[C@H](C)c2ccccc2)CCCCC1. The van der Waals surface area contributed by atoms with Gasteiger partial charge in [-0.2, -0.15) is 4.39 Å². The highest BCUT2D eigenvalue weighted by molar-refractivity contribution is 5.88. The minimum Gasteiger partial charge on any atom is -0.441 e. The lowest BCUT2D eigenvalue weighted by atomic mass is 9.85. The van der Waals surface area contributed by atoms with Gasteiger partial charge in [0.15, 0.2) is 11.3 Å². The smallest absolute Gasteiger partial charge is 0.361 e. The van der Waals surface area contributed by atoms with Crippen LogP contribution in [0.4, 0.5) is 4.39 Å². The Balaban J connectivity index is 1.89. The van der Waals surface area contributed by atoms with Crippen molar-refractivity contribution in [3.8, 4) is 12.3 Å². The highest BCUT2D eigenvalue weighted by Crippen LogP contribution is 2.32. The molecule has 1 aliphatic rings. The molecule has 1 aromatic heterocycles. The van der Waals surface area contributed by atoms with Gasteiger partial charge in [0.2, 0.25) is 5.95 Å². The van der Waals surface area contributed by atoms with Gasteiger partial charge < -0.3 is 9.30 Å². The van der Waals surface area contributed by atoms with Gasteiger partial charge in [0.05, 0.1) is 12.4 Å². The van der Waals surface area contributed by atoms with Crippen LogP contribution in [0.2, 0.25) is 0 Å². The van der Waals surface area contributed by atoms with Gasteiger partial charge >= 0.3 is 5.97 Å². The average molecular weight is 340 g/mol. The summed E-state index contributed by atoms with van der Waals surface area (Å²) >= 11 is 0. The number of carbonyl (C=O) groups excluding carboxylic acids is 1. The number of aromatic nitrogens is 2. The van der Waals surface area contributed by atoms with Gasteiger partial charge in [0.25, 0.3) is 0 Å². The Labute approximate surface area is 147 Å². The summed E-state index contributed by atoms with van der Waals surface area (Å²) in [6.07, 6.45) is 11.0. The third kappa shape index (κ3) is 3.43. The number of hydrogen-bond donors (Lipinski definition) is 0. The Bertz CT molecular complexity index is 786. The molecule has 130 valence electrons. The molecule has 1 aliphatic carbocycles. The maximum atomic E-state index is 14.2. The molecule has 0 N–H and O–H groups in total. The van der Waals surface area contributed by atoms with E-state index >= 15 is 0 Å². The van der Waals surface area contributed by atoms with Crippen molar-refractivity contribution in [2.24, 2.45) is 0 Å². The van der Waals surface area contributed by atoms with Gasteiger partial charge in [-0.05, 0) is 38.2 Å². The molecular weight excluding hydrogens is 319 g/mol. The fourth-order valence-corrected chi connectivity index (χ4v) is 3.34. The number of carbonyl (C=O) groups is 1. The van der Waals surface area contributed by atoms with Crippen LogP contribution in [0.15, 0.2) is 36.7 Å². The lowest BCUT2D eigenvalue weighted by molar-refractivity contribution is -0.00828. The first-order valence-electron chi connectivity index (χ1n) is 8.55. The van der Waals surface area contributed by atoms with E-state index in [0.29, 0.717) is 12.8 Å². The summed E-state index contributed by atoms with van der Waals surface area (Å²) in [5, 5.41) is 0. The summed E-state index contributed by atoms with van der Waals surface area (Å²) in [4.78, 5) is 16.4. The number of hydrogen-bond acceptors (Lipinski definition) is 3. The molecule has 25 heavy (non-hydrogen) atoms. The van der Waals surface area contributed by atoms with E-state index in [9.17, 15) is 9.18 Å². The van der Waals surface area contributed by atoms with Crippen molar-refractivity contribution in [2.45, 2.75) is 50.7 Å². The van der Waals surface area contributed by atoms with Crippen LogP contribution in [-0.2, 0) is 4.74 Å². The second kappa shape index (κ2) is 7.10. The summed E-state index contributed by atoms with van der Waals surface area (Å²) in [6.45, 7) is 1.88. The molecule has 1 fully saturated rings. The van der Waals surface area contributed by atoms with Crippen LogP contribution < -0.4 is 0 Å². The first-order valence-corrected chi connectivity index (χ1v) is 8.55. The number of rotatable bonds is 4. The van der Waals surface area contributed by atoms with E-state index in [1.165, 1.54) is 10.9 Å². The molecule has 0 radical (unpaired) electrons. The van der Waals surface area contributed by atoms with Crippen LogP contribution in [0.1, 0.15) is 61.1 Å². The fraction of sp³-hybridized carbons (Fsp3) is 0.400. The first kappa shape index (κ1) is 17.2. The topological polar surface area (TPSA) is 44.1 Å². The molecule has 0 unspecified atom stereocenters. The average Bonchev–Trinajstić information content (AvgIpc) is 3.04. The van der Waals surface area contributed by atoms with Crippen molar-refractivity contribution in [3.05, 3.63) is 53.9 Å². The van der Waals surface area contributed by atoms with Gasteiger partial charge in [0.1, 0.15) is 0 Å². The van der Waals surface area contributed by atoms with E-state index in [-0.39, 0.29) is 11.7 Å². The Morgan fingerprint density at radius 1 is 1.32 bits per heavy atom. The number of nitrogens with zero attached hydrogens (tertiary/aromatic N) is 2. The number of halogens is 1. The van der Waals surface area contributed by atoms with Crippen molar-refractivity contribution < 1.29 is 13.9 Å². The van der Waals surface area contributed by atoms with Crippen molar-refractivity contribution in [2.75, 3.05) is 0 Å². The van der Waals surface area contributed by atoms with E-state index in [2.05, 4.69) is 10.9 Å². The van der Waals surface area contributed by atoms with Crippen LogP contribution in [0.3, 0.4) is 0 Å². The molecule has 0 saturated heterocycles. The number of ether oxygens (including phenoxy) is 1. The standard InChI is InChI=1S/C20H21FN2O2/c1-3-20(12-8-5-9-13-20)25-19(24)17-18(21)22-14-23(17)15(2)16-10-6-4-7-11-16/h1,4,6-7,10-11,14-15H,5,8-9,12-13H2,2H3/t15-/m1/s1. The molecule has 0 amide bonds. The molecule has 1 heterocycles. The van der Waals surface area contributed by atoms with Gasteiger partial charge in [-0.1, -0.05) is 42.7 Å². The quantitative estimate of drug-likeness (QED) is 0.621. The van der Waals surface area contributed by atoms with Gasteiger partial charge in [-0.25, -0.2) is 9.78 Å². The lowest BCUT2D eigenvalue weighted by Crippen LogP contribution is -2.36. The van der Waals surface area contributed by atoms with Gasteiger partial charge in [-0.15, -0.1) is 6.42 Å². The largest absolute Gasteiger partial charge is 0.441 e. The Morgan fingerprint density at radius 2 is 2.00 bits per heavy atom. The molecule has 2 aromatic rings. The second-order valence-electron chi connectivity index (χ2n) is 6.47. The highest BCUT2D eigenvalue weighted by atomic mass is 19.1. The van der Waals surface area contributed by atoms with Crippen LogP contribution in [-0.4, -0.2) is 21.1 Å². The predicted molar refractivity (Wildman–Crippen MR) is 92.5 cm³/mol. The summed E-state index contributed by atoms with van der Waals surface area (Å²) < 4.78 is 21.3. The molecule has 1 aromatic carbocycles. The number of esters is 1. The van der Waals surface area contributed by atoms with Crippen LogP contribution >= 0.6 is 0 Å². The van der Waals surface area contributed by atoms with E-state index in [0.717, 1.165) is 24.8 Å². The van der Waals surface area contributed by atoms with E-state index < -0.39 is 17.5 Å². The van der Waals surface area contributed by atoms with Crippen LogP contribution in [0.25, 0.3) is 0 Å². The van der Waals surface area contributed by atoms with Crippen molar-refractivity contribution in [1.29, 1.82) is 0 Å². The summed E-state index contributed by atoms with van der Waals surface area (Å²) in [5.74, 6) is 1.03. The molecule has 1 atom stereocenters. The third-order valence-corrected chi connectivity index (χ3v) is 4.85. The molecule has 1 saturated carbocycles. The molecule has 0 aliphatic heterocycles. The summed E-state index contributed by atoms with van der Waals surface area (Å²) in [6, 6.07) is 9.27. The second-order valence-corrected chi connectivity index (χ2v) is 6.47. The molecule has 0 spiro atoms. The van der Waals surface area contributed by atoms with E-state index in [1.54, 1.807) is 0 Å². The highest BCUT2D eigenvalue weighted by Gasteiger charge is 2.36. The zero-order chi connectivity index (χ0) is 17.9. The molecule has 4 nitrogen and oxygen atoms in total. The maximum Gasteiger partial charge on any atom is 0.361 e. The fourth-order valence-electron chi connectivity index (χ4n) is 3.34. The monoisotopic (exact) mass is 340 g/mol. The summed E-state index contributed by atoms with van der Waals surface area (Å²) in [7, 11) is 0. The summed E-state index contributed by atoms with van der Waals surface area (Å²) in [5.41, 5.74) is -0.179. The van der Waals surface area contributed by atoms with Crippen molar-refractivity contribution >= 4 is 5.97 Å². The Morgan fingerprint density at radius 3 is 2.64 bits per heavy atom. The lowest BCUT2D eigenvalue weighted by Gasteiger charge is -2.32. The minimum atomic E-state index is -0.938. The van der Waals surface area contributed by atoms with Crippen molar-refractivity contribution in [3.63, 3.8) is 0 Å². The van der Waals surface area contributed by atoms with E-state index in [4.69, 9.17) is 11.2 Å². The number of imidazole rings is 1. The number of terminal acetylenes is 1. The molecule has 0 bridgehead atoms. The molecule has 3 rings (SSSR count). The van der Waals surface area contributed by atoms with Crippen LogP contribution in [0.5, 0.6) is 0 Å². The zero-order valence-corrected chi connectivity index (χ0v) is 14.2. The molecular formula is C20H21FN2O2. The maximum absolute atomic E-state index is 14.2. The number of benzene rings is 1. The predicted octanol–water partition coefficient (Wildman–Crippen LogP) is 4.12. The first-order chi connectivity index (χ1) is 12.1. The minimum absolute atomic E-state index is 0.184. The zero-order valence-electron chi connectivity index (χ0n) is 14.2. The molecule has 5 heteroatoms. The Hall–Kier alpha value is -2.61. The Kier molecular flexibility index (Phi) is 4.89.